The maximum Gasteiger partial charge on any atom is 0.122 e. The van der Waals surface area contributed by atoms with E-state index in [0.717, 1.165) is 38.0 Å². The van der Waals surface area contributed by atoms with E-state index in [1.807, 2.05) is 0 Å². The number of hydrogen-bond acceptors (Lipinski definition) is 2. The molecule has 0 saturated heterocycles. The molecule has 2 N–H and O–H groups in total. The Bertz CT molecular complexity index is 336. The van der Waals surface area contributed by atoms with Crippen molar-refractivity contribution in [2.75, 3.05) is 13.7 Å². The normalized spacial score (nSPS) is 12.5. The molecule has 0 aliphatic heterocycles. The first-order valence-corrected chi connectivity index (χ1v) is 6.63. The average molecular weight is 235 g/mol. The van der Waals surface area contributed by atoms with Gasteiger partial charge in [0.15, 0.2) is 0 Å². The summed E-state index contributed by atoms with van der Waals surface area (Å²) in [4.78, 5) is 0. The summed E-state index contributed by atoms with van der Waals surface area (Å²) < 4.78 is 5.48. The highest BCUT2D eigenvalue weighted by Gasteiger charge is 2.14. The molecular weight excluding hydrogens is 210 g/mol. The van der Waals surface area contributed by atoms with Crippen molar-refractivity contribution in [2.24, 2.45) is 5.73 Å². The van der Waals surface area contributed by atoms with Crippen molar-refractivity contribution < 1.29 is 4.74 Å². The molecule has 0 saturated carbocycles. The summed E-state index contributed by atoms with van der Waals surface area (Å²) in [5.74, 6) is 1.59. The summed E-state index contributed by atoms with van der Waals surface area (Å²) >= 11 is 0. The summed E-state index contributed by atoms with van der Waals surface area (Å²) in [7, 11) is 1.75. The van der Waals surface area contributed by atoms with E-state index < -0.39 is 0 Å². The van der Waals surface area contributed by atoms with Gasteiger partial charge in [-0.25, -0.2) is 0 Å². The van der Waals surface area contributed by atoms with Crippen LogP contribution in [0.15, 0.2) is 18.2 Å². The highest BCUT2D eigenvalue weighted by atomic mass is 16.5. The Hall–Kier alpha value is -1.02. The van der Waals surface area contributed by atoms with Gasteiger partial charge < -0.3 is 10.5 Å². The second-order valence-corrected chi connectivity index (χ2v) is 4.47. The Kier molecular flexibility index (Phi) is 6.06. The zero-order chi connectivity index (χ0) is 12.7. The number of methoxy groups -OCH3 is 1. The van der Waals surface area contributed by atoms with Crippen molar-refractivity contribution in [1.82, 2.24) is 0 Å². The van der Waals surface area contributed by atoms with Crippen LogP contribution >= 0.6 is 0 Å². The highest BCUT2D eigenvalue weighted by Crippen LogP contribution is 2.33. The van der Waals surface area contributed by atoms with E-state index in [0.29, 0.717) is 5.92 Å². The minimum absolute atomic E-state index is 0.569. The van der Waals surface area contributed by atoms with E-state index >= 15 is 0 Å². The quantitative estimate of drug-likeness (QED) is 0.785. The first-order valence-electron chi connectivity index (χ1n) is 6.63. The number of hydrogen-bond donors (Lipinski definition) is 1. The van der Waals surface area contributed by atoms with Gasteiger partial charge in [0.1, 0.15) is 5.75 Å². The van der Waals surface area contributed by atoms with Crippen molar-refractivity contribution in [1.29, 1.82) is 0 Å². The SMILES string of the molecule is CCc1ccc(OC)c(C(CC)CCCN)c1. The molecular formula is C15H25NO. The molecule has 0 aliphatic rings. The van der Waals surface area contributed by atoms with Gasteiger partial charge >= 0.3 is 0 Å². The Balaban J connectivity index is 2.97. The predicted octanol–water partition coefficient (Wildman–Crippen LogP) is 3.49. The van der Waals surface area contributed by atoms with Crippen molar-refractivity contribution in [3.05, 3.63) is 29.3 Å². The molecule has 0 fully saturated rings. The molecule has 1 aromatic rings. The molecule has 0 amide bonds. The number of rotatable bonds is 7. The van der Waals surface area contributed by atoms with Crippen molar-refractivity contribution >= 4 is 0 Å². The van der Waals surface area contributed by atoms with Gasteiger partial charge in [-0.15, -0.1) is 0 Å². The van der Waals surface area contributed by atoms with Gasteiger partial charge in [-0.1, -0.05) is 26.0 Å². The van der Waals surface area contributed by atoms with E-state index in [1.165, 1.54) is 11.1 Å². The van der Waals surface area contributed by atoms with Gasteiger partial charge in [0.25, 0.3) is 0 Å². The number of ether oxygens (including phenoxy) is 1. The number of nitrogens with two attached hydrogens (primary N) is 1. The van der Waals surface area contributed by atoms with Crippen molar-refractivity contribution in [3.63, 3.8) is 0 Å². The van der Waals surface area contributed by atoms with Gasteiger partial charge in [-0.05, 0) is 55.3 Å². The van der Waals surface area contributed by atoms with Gasteiger partial charge in [0.05, 0.1) is 7.11 Å². The first kappa shape index (κ1) is 14.0. The minimum atomic E-state index is 0.569. The van der Waals surface area contributed by atoms with E-state index in [1.54, 1.807) is 7.11 Å². The van der Waals surface area contributed by atoms with Crippen LogP contribution in [0.3, 0.4) is 0 Å². The summed E-state index contributed by atoms with van der Waals surface area (Å²) in [5, 5.41) is 0. The average Bonchev–Trinajstić information content (AvgIpc) is 2.39. The molecule has 1 aromatic carbocycles. The molecule has 0 bridgehead atoms. The van der Waals surface area contributed by atoms with E-state index in [2.05, 4.69) is 32.0 Å². The van der Waals surface area contributed by atoms with Crippen LogP contribution in [0.5, 0.6) is 5.75 Å². The Morgan fingerprint density at radius 1 is 1.29 bits per heavy atom. The van der Waals surface area contributed by atoms with Crippen LogP contribution in [0.25, 0.3) is 0 Å². The van der Waals surface area contributed by atoms with Crippen LogP contribution in [-0.4, -0.2) is 13.7 Å². The monoisotopic (exact) mass is 235 g/mol. The lowest BCUT2D eigenvalue weighted by Crippen LogP contribution is -2.05. The lowest BCUT2D eigenvalue weighted by atomic mass is 9.89. The van der Waals surface area contributed by atoms with Crippen LogP contribution in [0.1, 0.15) is 50.2 Å². The smallest absolute Gasteiger partial charge is 0.122 e. The fourth-order valence-electron chi connectivity index (χ4n) is 2.27. The molecule has 2 nitrogen and oxygen atoms in total. The lowest BCUT2D eigenvalue weighted by Gasteiger charge is -2.19. The van der Waals surface area contributed by atoms with E-state index in [-0.39, 0.29) is 0 Å². The fourth-order valence-corrected chi connectivity index (χ4v) is 2.27. The third kappa shape index (κ3) is 3.74. The third-order valence-electron chi connectivity index (χ3n) is 3.39. The first-order chi connectivity index (χ1) is 8.26. The maximum atomic E-state index is 5.60. The standard InChI is InChI=1S/C15H25NO/c1-4-12-8-9-15(17-3)14(11-12)13(5-2)7-6-10-16/h8-9,11,13H,4-7,10,16H2,1-3H3. The van der Waals surface area contributed by atoms with Gasteiger partial charge in [0.2, 0.25) is 0 Å². The molecule has 0 spiro atoms. The maximum absolute atomic E-state index is 5.60. The summed E-state index contributed by atoms with van der Waals surface area (Å²) in [6.07, 6.45) is 4.45. The number of aryl methyl sites for hydroxylation is 1. The van der Waals surface area contributed by atoms with Crippen LogP contribution in [0, 0.1) is 0 Å². The summed E-state index contributed by atoms with van der Waals surface area (Å²) in [6.45, 7) is 5.19. The molecule has 1 atom stereocenters. The zero-order valence-electron chi connectivity index (χ0n) is 11.3. The minimum Gasteiger partial charge on any atom is -0.496 e. The Morgan fingerprint density at radius 3 is 2.59 bits per heavy atom. The molecule has 0 aliphatic carbocycles. The predicted molar refractivity (Wildman–Crippen MR) is 73.7 cm³/mol. The molecule has 0 heterocycles. The van der Waals surface area contributed by atoms with E-state index in [9.17, 15) is 0 Å². The van der Waals surface area contributed by atoms with Gasteiger partial charge in [0, 0.05) is 0 Å². The van der Waals surface area contributed by atoms with E-state index in [4.69, 9.17) is 10.5 Å². The third-order valence-corrected chi connectivity index (χ3v) is 3.39. The summed E-state index contributed by atoms with van der Waals surface area (Å²) in [6, 6.07) is 6.54. The van der Waals surface area contributed by atoms with Crippen LogP contribution in [0.4, 0.5) is 0 Å². The topological polar surface area (TPSA) is 35.2 Å². The molecule has 2 heteroatoms. The fraction of sp³-hybridized carbons (Fsp3) is 0.600. The molecule has 17 heavy (non-hydrogen) atoms. The van der Waals surface area contributed by atoms with Crippen LogP contribution < -0.4 is 10.5 Å². The molecule has 0 radical (unpaired) electrons. The van der Waals surface area contributed by atoms with Crippen LogP contribution in [0.2, 0.25) is 0 Å². The largest absolute Gasteiger partial charge is 0.496 e. The second-order valence-electron chi connectivity index (χ2n) is 4.47. The second kappa shape index (κ2) is 7.33. The van der Waals surface area contributed by atoms with Crippen LogP contribution in [-0.2, 0) is 6.42 Å². The molecule has 96 valence electrons. The van der Waals surface area contributed by atoms with Crippen molar-refractivity contribution in [2.45, 2.75) is 45.4 Å². The van der Waals surface area contributed by atoms with Crippen molar-refractivity contribution in [3.8, 4) is 5.75 Å². The molecule has 0 aromatic heterocycles. The molecule has 1 unspecified atom stereocenters. The Morgan fingerprint density at radius 2 is 2.06 bits per heavy atom. The Labute approximate surface area is 105 Å². The number of benzene rings is 1. The molecule has 1 rings (SSSR count). The van der Waals surface area contributed by atoms with Gasteiger partial charge in [-0.3, -0.25) is 0 Å². The highest BCUT2D eigenvalue weighted by molar-refractivity contribution is 5.39. The zero-order valence-corrected chi connectivity index (χ0v) is 11.3. The summed E-state index contributed by atoms with van der Waals surface area (Å²) in [5.41, 5.74) is 8.34. The van der Waals surface area contributed by atoms with Gasteiger partial charge in [-0.2, -0.15) is 0 Å². The lowest BCUT2D eigenvalue weighted by molar-refractivity contribution is 0.401.